The summed E-state index contributed by atoms with van der Waals surface area (Å²) in [6, 6.07) is 0. The Balaban J connectivity index is 2.32. The first-order valence-corrected chi connectivity index (χ1v) is 4.61. The summed E-state index contributed by atoms with van der Waals surface area (Å²) >= 11 is 0. The van der Waals surface area contributed by atoms with Gasteiger partial charge in [0.05, 0.1) is 0 Å². The highest BCUT2D eigenvalue weighted by Crippen LogP contribution is 2.28. The van der Waals surface area contributed by atoms with Crippen LogP contribution < -0.4 is 5.32 Å². The molecule has 0 radical (unpaired) electrons. The second-order valence-electron chi connectivity index (χ2n) is 3.48. The van der Waals surface area contributed by atoms with Crippen molar-refractivity contribution in [2.45, 2.75) is 25.7 Å². The predicted octanol–water partition coefficient (Wildman–Crippen LogP) is 0.856. The summed E-state index contributed by atoms with van der Waals surface area (Å²) in [7, 11) is 0. The second-order valence-corrected chi connectivity index (χ2v) is 3.48. The first-order chi connectivity index (χ1) is 5.88. The lowest BCUT2D eigenvalue weighted by Gasteiger charge is -2.29. The van der Waals surface area contributed by atoms with Gasteiger partial charge < -0.3 is 10.4 Å². The third-order valence-corrected chi connectivity index (χ3v) is 2.74. The van der Waals surface area contributed by atoms with Crippen LogP contribution in [-0.2, 0) is 0 Å². The van der Waals surface area contributed by atoms with E-state index < -0.39 is 0 Å². The Morgan fingerprint density at radius 1 is 1.33 bits per heavy atom. The van der Waals surface area contributed by atoms with Crippen molar-refractivity contribution in [1.29, 1.82) is 5.26 Å². The van der Waals surface area contributed by atoms with Crippen LogP contribution in [0.2, 0.25) is 0 Å². The minimum atomic E-state index is 0.276. The van der Waals surface area contributed by atoms with Gasteiger partial charge in [-0.3, -0.25) is 0 Å². The molecule has 0 amide bonds. The molecule has 3 heteroatoms. The molecule has 1 fully saturated rings. The van der Waals surface area contributed by atoms with Gasteiger partial charge in [0.15, 0.2) is 6.19 Å². The van der Waals surface area contributed by atoms with Gasteiger partial charge in [0, 0.05) is 13.2 Å². The third kappa shape index (κ3) is 2.38. The highest BCUT2D eigenvalue weighted by molar-refractivity contribution is 4.79. The van der Waals surface area contributed by atoms with Gasteiger partial charge in [0.1, 0.15) is 0 Å². The smallest absolute Gasteiger partial charge is 0.176 e. The van der Waals surface area contributed by atoms with Gasteiger partial charge in [0.2, 0.25) is 0 Å². The number of hydrogen-bond donors (Lipinski definition) is 2. The van der Waals surface area contributed by atoms with Crippen molar-refractivity contribution >= 4 is 0 Å². The van der Waals surface area contributed by atoms with Gasteiger partial charge >= 0.3 is 0 Å². The number of nitrogens with zero attached hydrogens (tertiary/aromatic N) is 1. The molecule has 0 spiro atoms. The van der Waals surface area contributed by atoms with Gasteiger partial charge in [-0.2, -0.15) is 5.26 Å². The predicted molar refractivity (Wildman–Crippen MR) is 46.1 cm³/mol. The van der Waals surface area contributed by atoms with Crippen molar-refractivity contribution in [2.75, 3.05) is 13.2 Å². The molecular weight excluding hydrogens is 152 g/mol. The molecule has 3 nitrogen and oxygen atoms in total. The molecule has 1 rings (SSSR count). The fourth-order valence-corrected chi connectivity index (χ4v) is 1.97. The molecule has 2 atom stereocenters. The Hall–Kier alpha value is -0.750. The minimum absolute atomic E-state index is 0.276. The summed E-state index contributed by atoms with van der Waals surface area (Å²) < 4.78 is 0. The Morgan fingerprint density at radius 3 is 2.58 bits per heavy atom. The summed E-state index contributed by atoms with van der Waals surface area (Å²) in [5, 5.41) is 20.1. The average Bonchev–Trinajstić information content (AvgIpc) is 2.15. The van der Waals surface area contributed by atoms with E-state index in [4.69, 9.17) is 10.4 Å². The Kier molecular flexibility index (Phi) is 3.89. The van der Waals surface area contributed by atoms with Crippen molar-refractivity contribution in [3.63, 3.8) is 0 Å². The highest BCUT2D eigenvalue weighted by atomic mass is 16.3. The van der Waals surface area contributed by atoms with E-state index in [0.717, 1.165) is 19.4 Å². The van der Waals surface area contributed by atoms with Crippen LogP contribution in [0.25, 0.3) is 0 Å². The van der Waals surface area contributed by atoms with Crippen molar-refractivity contribution in [2.24, 2.45) is 11.8 Å². The SMILES string of the molecule is N#CNCC1CCCCC1CO. The summed E-state index contributed by atoms with van der Waals surface area (Å²) in [5.74, 6) is 0.919. The summed E-state index contributed by atoms with van der Waals surface area (Å²) in [6.07, 6.45) is 6.67. The number of rotatable bonds is 3. The molecular formula is C9H16N2O. The van der Waals surface area contributed by atoms with Crippen LogP contribution in [0.1, 0.15) is 25.7 Å². The first-order valence-electron chi connectivity index (χ1n) is 4.61. The zero-order valence-corrected chi connectivity index (χ0v) is 7.29. The summed E-state index contributed by atoms with van der Waals surface area (Å²) in [4.78, 5) is 0. The van der Waals surface area contributed by atoms with E-state index in [9.17, 15) is 0 Å². The summed E-state index contributed by atoms with van der Waals surface area (Å²) in [5.41, 5.74) is 0. The molecule has 0 heterocycles. The van der Waals surface area contributed by atoms with Crippen LogP contribution in [0.5, 0.6) is 0 Å². The number of hydrogen-bond acceptors (Lipinski definition) is 3. The van der Waals surface area contributed by atoms with Crippen LogP contribution >= 0.6 is 0 Å². The monoisotopic (exact) mass is 168 g/mol. The quantitative estimate of drug-likeness (QED) is 0.485. The van der Waals surface area contributed by atoms with Crippen LogP contribution in [0.15, 0.2) is 0 Å². The van der Waals surface area contributed by atoms with E-state index in [-0.39, 0.29) is 6.61 Å². The molecule has 0 saturated heterocycles. The van der Waals surface area contributed by atoms with Crippen molar-refractivity contribution in [3.05, 3.63) is 0 Å². The molecule has 1 aliphatic rings. The van der Waals surface area contributed by atoms with Crippen molar-refractivity contribution in [1.82, 2.24) is 5.32 Å². The normalized spacial score (nSPS) is 29.3. The van der Waals surface area contributed by atoms with E-state index in [2.05, 4.69) is 5.32 Å². The number of nitriles is 1. The molecule has 0 bridgehead atoms. The van der Waals surface area contributed by atoms with E-state index >= 15 is 0 Å². The molecule has 0 aromatic carbocycles. The van der Waals surface area contributed by atoms with E-state index in [1.165, 1.54) is 12.8 Å². The Bertz CT molecular complexity index is 164. The van der Waals surface area contributed by atoms with Gasteiger partial charge in [-0.05, 0) is 24.7 Å². The molecule has 2 N–H and O–H groups in total. The maximum Gasteiger partial charge on any atom is 0.176 e. The number of aliphatic hydroxyl groups is 1. The molecule has 12 heavy (non-hydrogen) atoms. The average molecular weight is 168 g/mol. The molecule has 0 aromatic rings. The Morgan fingerprint density at radius 2 is 2.00 bits per heavy atom. The Labute approximate surface area is 73.4 Å². The van der Waals surface area contributed by atoms with Crippen LogP contribution in [0.4, 0.5) is 0 Å². The lowest BCUT2D eigenvalue weighted by atomic mass is 9.80. The maximum absolute atomic E-state index is 9.05. The lowest BCUT2D eigenvalue weighted by Crippen LogP contribution is -2.30. The van der Waals surface area contributed by atoms with E-state index in [0.29, 0.717) is 11.8 Å². The fourth-order valence-electron chi connectivity index (χ4n) is 1.97. The van der Waals surface area contributed by atoms with Gasteiger partial charge in [0.25, 0.3) is 0 Å². The minimum Gasteiger partial charge on any atom is -0.396 e. The number of nitrogens with one attached hydrogen (secondary N) is 1. The molecule has 1 aliphatic carbocycles. The topological polar surface area (TPSA) is 56.0 Å². The van der Waals surface area contributed by atoms with Crippen LogP contribution in [0.3, 0.4) is 0 Å². The zero-order valence-electron chi connectivity index (χ0n) is 7.29. The van der Waals surface area contributed by atoms with Crippen LogP contribution in [-0.4, -0.2) is 18.3 Å². The molecule has 0 aliphatic heterocycles. The van der Waals surface area contributed by atoms with Crippen LogP contribution in [0, 0.1) is 23.3 Å². The maximum atomic E-state index is 9.05. The van der Waals surface area contributed by atoms with Gasteiger partial charge in [-0.25, -0.2) is 0 Å². The standard InChI is InChI=1S/C9H16N2O/c10-7-11-5-8-3-1-2-4-9(8)6-12/h8-9,11-12H,1-6H2. The third-order valence-electron chi connectivity index (χ3n) is 2.74. The number of aliphatic hydroxyl groups excluding tert-OH is 1. The summed E-state index contributed by atoms with van der Waals surface area (Å²) in [6.45, 7) is 1.01. The van der Waals surface area contributed by atoms with Crippen molar-refractivity contribution < 1.29 is 5.11 Å². The molecule has 2 unspecified atom stereocenters. The highest BCUT2D eigenvalue weighted by Gasteiger charge is 2.23. The van der Waals surface area contributed by atoms with Gasteiger partial charge in [-0.15, -0.1) is 0 Å². The van der Waals surface area contributed by atoms with Gasteiger partial charge in [-0.1, -0.05) is 12.8 Å². The largest absolute Gasteiger partial charge is 0.396 e. The van der Waals surface area contributed by atoms with Crippen molar-refractivity contribution in [3.8, 4) is 6.19 Å². The fraction of sp³-hybridized carbons (Fsp3) is 0.889. The first kappa shape index (κ1) is 9.34. The second kappa shape index (κ2) is 5.00. The molecule has 68 valence electrons. The van der Waals surface area contributed by atoms with E-state index in [1.54, 1.807) is 0 Å². The van der Waals surface area contributed by atoms with E-state index in [1.807, 2.05) is 6.19 Å². The molecule has 1 saturated carbocycles. The zero-order chi connectivity index (χ0) is 8.81. The lowest BCUT2D eigenvalue weighted by molar-refractivity contribution is 0.135. The molecule has 0 aromatic heterocycles.